The molecule has 2 atom stereocenters. The first-order chi connectivity index (χ1) is 12.0. The normalized spacial score (nSPS) is 21.3. The lowest BCUT2D eigenvalue weighted by Crippen LogP contribution is -2.46. The lowest BCUT2D eigenvalue weighted by atomic mass is 10.1. The minimum absolute atomic E-state index is 0.0808. The zero-order chi connectivity index (χ0) is 18.1. The van der Waals surface area contributed by atoms with Gasteiger partial charge in [-0.05, 0) is 18.4 Å². The SMILES string of the molecule is COc1ccc2c(c1OC)C(=O)N1C2SC[C@H]1C(=O)NCCC(C)C. The molecule has 0 bridgehead atoms. The molecular formula is C18H24N2O4S. The smallest absolute Gasteiger partial charge is 0.260 e. The summed E-state index contributed by atoms with van der Waals surface area (Å²) < 4.78 is 10.7. The monoisotopic (exact) mass is 364 g/mol. The second-order valence-corrected chi connectivity index (χ2v) is 7.77. The Morgan fingerprint density at radius 3 is 2.76 bits per heavy atom. The molecule has 7 heteroatoms. The van der Waals surface area contributed by atoms with E-state index >= 15 is 0 Å². The van der Waals surface area contributed by atoms with Gasteiger partial charge < -0.3 is 19.7 Å². The summed E-state index contributed by atoms with van der Waals surface area (Å²) in [5.41, 5.74) is 1.41. The largest absolute Gasteiger partial charge is 0.493 e. The van der Waals surface area contributed by atoms with Gasteiger partial charge >= 0.3 is 0 Å². The zero-order valence-electron chi connectivity index (χ0n) is 15.0. The molecule has 2 aliphatic rings. The molecule has 1 fully saturated rings. The van der Waals surface area contributed by atoms with Crippen LogP contribution in [0.4, 0.5) is 0 Å². The first-order valence-corrected chi connectivity index (χ1v) is 9.51. The van der Waals surface area contributed by atoms with Gasteiger partial charge in [-0.3, -0.25) is 9.59 Å². The van der Waals surface area contributed by atoms with E-state index in [-0.39, 0.29) is 17.2 Å². The fraction of sp³-hybridized carbons (Fsp3) is 0.556. The third-order valence-electron chi connectivity index (χ3n) is 4.62. The Morgan fingerprint density at radius 1 is 1.36 bits per heavy atom. The van der Waals surface area contributed by atoms with Gasteiger partial charge in [-0.1, -0.05) is 19.9 Å². The highest BCUT2D eigenvalue weighted by molar-refractivity contribution is 7.99. The average molecular weight is 364 g/mol. The summed E-state index contributed by atoms with van der Waals surface area (Å²) in [5.74, 6) is 1.86. The standard InChI is InChI=1S/C18H24N2O4S/c1-10(2)7-8-19-16(21)12-9-25-18-11-5-6-13(23-3)15(24-4)14(11)17(22)20(12)18/h5-6,10,12,18H,7-9H2,1-4H3,(H,19,21)/t12-,18?/m0/s1. The molecule has 1 unspecified atom stereocenters. The highest BCUT2D eigenvalue weighted by Gasteiger charge is 2.50. The number of hydrogen-bond acceptors (Lipinski definition) is 5. The Bertz CT molecular complexity index is 692. The topological polar surface area (TPSA) is 67.9 Å². The van der Waals surface area contributed by atoms with Crippen molar-refractivity contribution < 1.29 is 19.1 Å². The van der Waals surface area contributed by atoms with Crippen molar-refractivity contribution in [3.63, 3.8) is 0 Å². The van der Waals surface area contributed by atoms with Crippen LogP contribution in [0.15, 0.2) is 12.1 Å². The molecule has 0 spiro atoms. The van der Waals surface area contributed by atoms with Crippen molar-refractivity contribution >= 4 is 23.6 Å². The van der Waals surface area contributed by atoms with E-state index in [0.29, 0.717) is 35.3 Å². The predicted octanol–water partition coefficient (Wildman–Crippen LogP) is 2.44. The van der Waals surface area contributed by atoms with E-state index in [1.165, 1.54) is 7.11 Å². The summed E-state index contributed by atoms with van der Waals surface area (Å²) in [6.45, 7) is 4.87. The Balaban J connectivity index is 1.83. The van der Waals surface area contributed by atoms with Crippen LogP contribution in [0.25, 0.3) is 0 Å². The van der Waals surface area contributed by atoms with Crippen LogP contribution in [0.5, 0.6) is 11.5 Å². The average Bonchev–Trinajstić information content (AvgIpc) is 3.14. The van der Waals surface area contributed by atoms with Crippen molar-refractivity contribution in [1.82, 2.24) is 10.2 Å². The fourth-order valence-electron chi connectivity index (χ4n) is 3.30. The molecule has 136 valence electrons. The third kappa shape index (κ3) is 3.05. The maximum atomic E-state index is 13.0. The highest BCUT2D eigenvalue weighted by Crippen LogP contribution is 2.52. The van der Waals surface area contributed by atoms with Crippen molar-refractivity contribution in [2.45, 2.75) is 31.7 Å². The second-order valence-electron chi connectivity index (χ2n) is 6.65. The summed E-state index contributed by atoms with van der Waals surface area (Å²) >= 11 is 1.62. The molecule has 6 nitrogen and oxygen atoms in total. The van der Waals surface area contributed by atoms with Gasteiger partial charge in [0, 0.05) is 17.9 Å². The molecular weight excluding hydrogens is 340 g/mol. The van der Waals surface area contributed by atoms with Crippen molar-refractivity contribution in [1.29, 1.82) is 0 Å². The minimum atomic E-state index is -0.447. The van der Waals surface area contributed by atoms with Gasteiger partial charge in [0.1, 0.15) is 11.4 Å². The number of nitrogens with one attached hydrogen (secondary N) is 1. The predicted molar refractivity (Wildman–Crippen MR) is 97.2 cm³/mol. The van der Waals surface area contributed by atoms with E-state index < -0.39 is 6.04 Å². The van der Waals surface area contributed by atoms with E-state index in [1.807, 2.05) is 12.1 Å². The van der Waals surface area contributed by atoms with Crippen LogP contribution in [0.1, 0.15) is 41.6 Å². The number of rotatable bonds is 6. The quantitative estimate of drug-likeness (QED) is 0.840. The molecule has 2 heterocycles. The number of thioether (sulfide) groups is 1. The summed E-state index contributed by atoms with van der Waals surface area (Å²) in [6.07, 6.45) is 0.925. The summed E-state index contributed by atoms with van der Waals surface area (Å²) in [5, 5.41) is 2.83. The fourth-order valence-corrected chi connectivity index (χ4v) is 4.75. The zero-order valence-corrected chi connectivity index (χ0v) is 15.8. The van der Waals surface area contributed by atoms with Gasteiger partial charge in [0.15, 0.2) is 11.5 Å². The molecule has 1 saturated heterocycles. The van der Waals surface area contributed by atoms with E-state index in [1.54, 1.807) is 23.8 Å². The molecule has 2 amide bonds. The summed E-state index contributed by atoms with van der Waals surface area (Å²) in [4.78, 5) is 27.3. The second kappa shape index (κ2) is 7.15. The molecule has 1 aromatic rings. The van der Waals surface area contributed by atoms with Crippen molar-refractivity contribution in [2.75, 3.05) is 26.5 Å². The summed E-state index contributed by atoms with van der Waals surface area (Å²) in [6, 6.07) is 3.26. The number of benzene rings is 1. The first-order valence-electron chi connectivity index (χ1n) is 8.46. The van der Waals surface area contributed by atoms with Crippen LogP contribution in [-0.4, -0.2) is 49.3 Å². The Hall–Kier alpha value is -1.89. The van der Waals surface area contributed by atoms with Crippen molar-refractivity contribution in [3.8, 4) is 11.5 Å². The molecule has 25 heavy (non-hydrogen) atoms. The van der Waals surface area contributed by atoms with E-state index in [4.69, 9.17) is 9.47 Å². The molecule has 0 radical (unpaired) electrons. The number of carbonyl (C=O) groups is 2. The van der Waals surface area contributed by atoms with Crippen molar-refractivity contribution in [3.05, 3.63) is 23.3 Å². The lowest BCUT2D eigenvalue weighted by Gasteiger charge is -2.22. The van der Waals surface area contributed by atoms with Crippen LogP contribution in [0, 0.1) is 5.92 Å². The van der Waals surface area contributed by atoms with Crippen LogP contribution >= 0.6 is 11.8 Å². The molecule has 2 aliphatic heterocycles. The number of carbonyl (C=O) groups excluding carboxylic acids is 2. The van der Waals surface area contributed by atoms with Gasteiger partial charge in [0.25, 0.3) is 5.91 Å². The van der Waals surface area contributed by atoms with Crippen molar-refractivity contribution in [2.24, 2.45) is 5.92 Å². The Kier molecular flexibility index (Phi) is 5.13. The van der Waals surface area contributed by atoms with Gasteiger partial charge in [-0.25, -0.2) is 0 Å². The summed E-state index contributed by atoms with van der Waals surface area (Å²) in [7, 11) is 3.07. The maximum Gasteiger partial charge on any atom is 0.260 e. The number of hydrogen-bond donors (Lipinski definition) is 1. The van der Waals surface area contributed by atoms with Gasteiger partial charge in [-0.2, -0.15) is 0 Å². The number of nitrogens with zero attached hydrogens (tertiary/aromatic N) is 1. The number of amides is 2. The van der Waals surface area contributed by atoms with Crippen LogP contribution in [0.3, 0.4) is 0 Å². The van der Waals surface area contributed by atoms with Crippen LogP contribution < -0.4 is 14.8 Å². The third-order valence-corrected chi connectivity index (χ3v) is 5.92. The van der Waals surface area contributed by atoms with Gasteiger partial charge in [0.05, 0.1) is 19.8 Å². The highest BCUT2D eigenvalue weighted by atomic mass is 32.2. The molecule has 1 N–H and O–H groups in total. The number of methoxy groups -OCH3 is 2. The molecule has 0 aliphatic carbocycles. The molecule has 3 rings (SSSR count). The molecule has 1 aromatic carbocycles. The number of fused-ring (bicyclic) bond motifs is 3. The van der Waals surface area contributed by atoms with E-state index in [0.717, 1.165) is 12.0 Å². The Morgan fingerprint density at radius 2 is 2.12 bits per heavy atom. The van der Waals surface area contributed by atoms with Crippen LogP contribution in [-0.2, 0) is 4.79 Å². The molecule has 0 aromatic heterocycles. The van der Waals surface area contributed by atoms with Crippen LogP contribution in [0.2, 0.25) is 0 Å². The minimum Gasteiger partial charge on any atom is -0.493 e. The first kappa shape index (κ1) is 17.9. The Labute approximate surface area is 152 Å². The molecule has 0 saturated carbocycles. The number of ether oxygens (including phenoxy) is 2. The van der Waals surface area contributed by atoms with Gasteiger partial charge in [-0.15, -0.1) is 11.8 Å². The van der Waals surface area contributed by atoms with E-state index in [2.05, 4.69) is 19.2 Å². The van der Waals surface area contributed by atoms with E-state index in [9.17, 15) is 9.59 Å². The maximum absolute atomic E-state index is 13.0. The van der Waals surface area contributed by atoms with Gasteiger partial charge in [0.2, 0.25) is 5.91 Å². The lowest BCUT2D eigenvalue weighted by molar-refractivity contribution is -0.124.